The van der Waals surface area contributed by atoms with E-state index in [9.17, 15) is 14.7 Å². The summed E-state index contributed by atoms with van der Waals surface area (Å²) in [6.07, 6.45) is 2.52. The van der Waals surface area contributed by atoms with Crippen molar-refractivity contribution in [2.45, 2.75) is 19.8 Å². The molecule has 0 saturated carbocycles. The van der Waals surface area contributed by atoms with Gasteiger partial charge in [-0.3, -0.25) is 9.69 Å². The second-order valence-electron chi connectivity index (χ2n) is 4.55. The Balaban J connectivity index is 2.13. The van der Waals surface area contributed by atoms with Crippen molar-refractivity contribution in [2.24, 2.45) is 0 Å². The summed E-state index contributed by atoms with van der Waals surface area (Å²) < 4.78 is 0.387. The zero-order chi connectivity index (χ0) is 15.4. The molecule has 0 unspecified atom stereocenters. The van der Waals surface area contributed by atoms with E-state index < -0.39 is 5.97 Å². The fourth-order valence-electron chi connectivity index (χ4n) is 1.90. The van der Waals surface area contributed by atoms with Crippen LogP contribution in [0.1, 0.15) is 24.5 Å². The molecule has 2 rings (SSSR count). The Bertz CT molecular complexity index is 608. The molecule has 1 aromatic carbocycles. The van der Waals surface area contributed by atoms with Gasteiger partial charge in [0.15, 0.2) is 0 Å². The van der Waals surface area contributed by atoms with Gasteiger partial charge in [-0.15, -0.1) is 0 Å². The summed E-state index contributed by atoms with van der Waals surface area (Å²) in [5.41, 5.74) is 2.15. The van der Waals surface area contributed by atoms with E-state index >= 15 is 0 Å². The van der Waals surface area contributed by atoms with Crippen molar-refractivity contribution in [3.8, 4) is 0 Å². The van der Waals surface area contributed by atoms with Crippen molar-refractivity contribution in [1.82, 2.24) is 4.90 Å². The van der Waals surface area contributed by atoms with Crippen LogP contribution in [0.25, 0.3) is 6.08 Å². The second-order valence-corrected chi connectivity index (χ2v) is 6.23. The number of amides is 1. The van der Waals surface area contributed by atoms with Crippen molar-refractivity contribution in [2.75, 3.05) is 6.54 Å². The first kappa shape index (κ1) is 15.7. The van der Waals surface area contributed by atoms with Crippen molar-refractivity contribution < 1.29 is 14.7 Å². The first-order valence-electron chi connectivity index (χ1n) is 6.55. The number of carboxylic acids is 1. The molecule has 21 heavy (non-hydrogen) atoms. The molecule has 0 spiro atoms. The van der Waals surface area contributed by atoms with E-state index in [4.69, 9.17) is 12.2 Å². The third kappa shape index (κ3) is 3.92. The van der Waals surface area contributed by atoms with E-state index in [-0.39, 0.29) is 18.9 Å². The lowest BCUT2D eigenvalue weighted by atomic mass is 10.1. The van der Waals surface area contributed by atoms with E-state index in [0.29, 0.717) is 9.23 Å². The Kier molecular flexibility index (Phi) is 5.14. The number of rotatable bonds is 5. The molecule has 0 aromatic heterocycles. The minimum Gasteiger partial charge on any atom is -0.550 e. The van der Waals surface area contributed by atoms with Gasteiger partial charge in [-0.05, 0) is 23.6 Å². The highest BCUT2D eigenvalue weighted by Crippen LogP contribution is 2.32. The molecule has 1 heterocycles. The molecule has 0 atom stereocenters. The lowest BCUT2D eigenvalue weighted by Crippen LogP contribution is -2.33. The predicted octanol–water partition coefficient (Wildman–Crippen LogP) is 1.59. The molecule has 0 aliphatic carbocycles. The van der Waals surface area contributed by atoms with E-state index in [1.165, 1.54) is 22.2 Å². The van der Waals surface area contributed by atoms with Gasteiger partial charge in [-0.1, -0.05) is 55.2 Å². The van der Waals surface area contributed by atoms with Gasteiger partial charge in [-0.25, -0.2) is 0 Å². The SMILES string of the molecule is CCc1ccc(/C=C2/SC(=S)N(CCC(=O)[O-])C2=O)cc1. The highest BCUT2D eigenvalue weighted by molar-refractivity contribution is 8.26. The van der Waals surface area contributed by atoms with Crippen molar-refractivity contribution in [3.05, 3.63) is 40.3 Å². The van der Waals surface area contributed by atoms with Crippen LogP contribution in [0.15, 0.2) is 29.2 Å². The number of carbonyl (C=O) groups excluding carboxylic acids is 2. The Morgan fingerprint density at radius 3 is 2.62 bits per heavy atom. The first-order chi connectivity index (χ1) is 10.0. The number of benzene rings is 1. The molecule has 4 nitrogen and oxygen atoms in total. The van der Waals surface area contributed by atoms with Crippen LogP contribution in [0.3, 0.4) is 0 Å². The van der Waals surface area contributed by atoms with Crippen molar-refractivity contribution in [3.63, 3.8) is 0 Å². The van der Waals surface area contributed by atoms with Crippen LogP contribution < -0.4 is 5.11 Å². The quantitative estimate of drug-likeness (QED) is 0.609. The number of hydrogen-bond acceptors (Lipinski definition) is 5. The maximum absolute atomic E-state index is 12.2. The van der Waals surface area contributed by atoms with Crippen LogP contribution in [0.2, 0.25) is 0 Å². The minimum atomic E-state index is -1.19. The molecule has 1 aromatic rings. The topological polar surface area (TPSA) is 60.4 Å². The van der Waals surface area contributed by atoms with E-state index in [1.54, 1.807) is 6.08 Å². The molecule has 0 bridgehead atoms. The van der Waals surface area contributed by atoms with Gasteiger partial charge in [0.1, 0.15) is 4.32 Å². The maximum atomic E-state index is 12.2. The van der Waals surface area contributed by atoms with E-state index in [2.05, 4.69) is 6.92 Å². The third-order valence-corrected chi connectivity index (χ3v) is 4.48. The molecule has 1 amide bonds. The molecule has 6 heteroatoms. The zero-order valence-electron chi connectivity index (χ0n) is 11.5. The molecule has 1 saturated heterocycles. The second kappa shape index (κ2) is 6.87. The van der Waals surface area contributed by atoms with Gasteiger partial charge >= 0.3 is 0 Å². The van der Waals surface area contributed by atoms with Gasteiger partial charge in [0.2, 0.25) is 0 Å². The summed E-state index contributed by atoms with van der Waals surface area (Å²) in [7, 11) is 0. The summed E-state index contributed by atoms with van der Waals surface area (Å²) in [5.74, 6) is -1.44. The normalized spacial score (nSPS) is 16.8. The summed E-state index contributed by atoms with van der Waals surface area (Å²) in [6.45, 7) is 2.14. The Hall–Kier alpha value is -1.66. The average molecular weight is 320 g/mol. The molecule has 0 N–H and O–H groups in total. The van der Waals surface area contributed by atoms with E-state index in [0.717, 1.165) is 12.0 Å². The standard InChI is InChI=1S/C15H15NO3S2/c1-2-10-3-5-11(6-4-10)9-12-14(19)16(15(20)21-12)8-7-13(17)18/h3-6,9H,2,7-8H2,1H3,(H,17,18)/p-1/b12-9+. The number of aryl methyl sites for hydroxylation is 1. The summed E-state index contributed by atoms with van der Waals surface area (Å²) in [4.78, 5) is 24.5. The lowest BCUT2D eigenvalue weighted by molar-refractivity contribution is -0.305. The number of aliphatic carboxylic acids is 1. The Morgan fingerprint density at radius 2 is 2.05 bits per heavy atom. The van der Waals surface area contributed by atoms with Crippen LogP contribution >= 0.6 is 24.0 Å². The number of nitrogens with zero attached hydrogens (tertiary/aromatic N) is 1. The highest BCUT2D eigenvalue weighted by atomic mass is 32.2. The van der Waals surface area contributed by atoms with Gasteiger partial charge in [-0.2, -0.15) is 0 Å². The highest BCUT2D eigenvalue weighted by Gasteiger charge is 2.31. The number of carbonyl (C=O) groups is 2. The zero-order valence-corrected chi connectivity index (χ0v) is 13.1. The van der Waals surface area contributed by atoms with Gasteiger partial charge in [0.25, 0.3) is 5.91 Å². The third-order valence-electron chi connectivity index (χ3n) is 3.10. The maximum Gasteiger partial charge on any atom is 0.266 e. The molecule has 1 aliphatic rings. The van der Waals surface area contributed by atoms with Gasteiger partial charge < -0.3 is 9.90 Å². The number of carboxylic acid groups (broad SMARTS) is 1. The van der Waals surface area contributed by atoms with Gasteiger partial charge in [0, 0.05) is 18.9 Å². The fraction of sp³-hybridized carbons (Fsp3) is 0.267. The van der Waals surface area contributed by atoms with Crippen LogP contribution in [0.4, 0.5) is 0 Å². The van der Waals surface area contributed by atoms with Crippen molar-refractivity contribution in [1.29, 1.82) is 0 Å². The molecule has 0 radical (unpaired) electrons. The van der Waals surface area contributed by atoms with Crippen LogP contribution in [-0.2, 0) is 16.0 Å². The molecular formula is C15H14NO3S2-. The summed E-state index contributed by atoms with van der Waals surface area (Å²) in [5, 5.41) is 10.5. The van der Waals surface area contributed by atoms with Crippen LogP contribution in [0, 0.1) is 0 Å². The predicted molar refractivity (Wildman–Crippen MR) is 85.3 cm³/mol. The number of thiocarbonyl (C=S) groups is 1. The Labute approximate surface area is 132 Å². The number of thioether (sulfide) groups is 1. The minimum absolute atomic E-state index is 0.0547. The first-order valence-corrected chi connectivity index (χ1v) is 7.78. The summed E-state index contributed by atoms with van der Waals surface area (Å²) in [6, 6.07) is 7.93. The summed E-state index contributed by atoms with van der Waals surface area (Å²) >= 11 is 6.31. The number of hydrogen-bond donors (Lipinski definition) is 0. The molecule has 1 fully saturated rings. The molecule has 1 aliphatic heterocycles. The average Bonchev–Trinajstić information content (AvgIpc) is 2.72. The van der Waals surface area contributed by atoms with Gasteiger partial charge in [0.05, 0.1) is 4.91 Å². The molecule has 110 valence electrons. The smallest absolute Gasteiger partial charge is 0.266 e. The Morgan fingerprint density at radius 1 is 1.38 bits per heavy atom. The van der Waals surface area contributed by atoms with Crippen LogP contribution in [0.5, 0.6) is 0 Å². The lowest BCUT2D eigenvalue weighted by Gasteiger charge is -2.14. The monoisotopic (exact) mass is 320 g/mol. The van der Waals surface area contributed by atoms with Crippen LogP contribution in [-0.4, -0.2) is 27.6 Å². The fourth-order valence-corrected chi connectivity index (χ4v) is 3.21. The largest absolute Gasteiger partial charge is 0.550 e. The van der Waals surface area contributed by atoms with E-state index in [1.807, 2.05) is 24.3 Å². The molecular weight excluding hydrogens is 306 g/mol. The van der Waals surface area contributed by atoms with Crippen molar-refractivity contribution >= 4 is 46.3 Å².